The van der Waals surface area contributed by atoms with E-state index < -0.39 is 0 Å². The van der Waals surface area contributed by atoms with Crippen LogP contribution >= 0.6 is 0 Å². The number of para-hydroxylation sites is 2. The number of rotatable bonds is 2. The molecule has 0 aliphatic rings. The Morgan fingerprint density at radius 2 is 1.23 bits per heavy atom. The molecule has 0 atom stereocenters. The maximum atomic E-state index is 6.49. The molecule has 0 unspecified atom stereocenters. The van der Waals surface area contributed by atoms with Gasteiger partial charge in [0, 0.05) is 16.6 Å². The molecule has 22 heavy (non-hydrogen) atoms. The average Bonchev–Trinajstić information content (AvgIpc) is 2.90. The van der Waals surface area contributed by atoms with Gasteiger partial charge in [-0.25, -0.2) is 0 Å². The number of nitrogens with two attached hydrogens (primary N) is 1. The Hall–Kier alpha value is -3.00. The van der Waals surface area contributed by atoms with Crippen molar-refractivity contribution in [2.24, 2.45) is 0 Å². The highest BCUT2D eigenvalue weighted by Gasteiger charge is 2.16. The number of nitrogen functional groups attached to an aromatic ring is 1. The maximum absolute atomic E-state index is 6.49. The molecule has 4 aromatic rings. The number of benzene rings is 3. The van der Waals surface area contributed by atoms with Crippen molar-refractivity contribution in [3.8, 4) is 16.9 Å². The zero-order chi connectivity index (χ0) is 14.9. The van der Waals surface area contributed by atoms with Gasteiger partial charge >= 0.3 is 0 Å². The Bertz CT molecular complexity index is 922. The molecule has 0 aliphatic heterocycles. The Morgan fingerprint density at radius 3 is 1.95 bits per heavy atom. The summed E-state index contributed by atoms with van der Waals surface area (Å²) in [4.78, 5) is 0. The minimum absolute atomic E-state index is 0.825. The van der Waals surface area contributed by atoms with E-state index in [1.165, 1.54) is 0 Å². The molecule has 0 saturated heterocycles. The van der Waals surface area contributed by atoms with Crippen molar-refractivity contribution in [1.29, 1.82) is 0 Å². The molecule has 0 aliphatic carbocycles. The van der Waals surface area contributed by atoms with Crippen molar-refractivity contribution in [1.82, 2.24) is 4.57 Å². The topological polar surface area (TPSA) is 30.9 Å². The summed E-state index contributed by atoms with van der Waals surface area (Å²) in [6.45, 7) is 0. The van der Waals surface area contributed by atoms with Crippen LogP contribution in [0.25, 0.3) is 27.8 Å². The van der Waals surface area contributed by atoms with E-state index in [1.54, 1.807) is 0 Å². The molecule has 1 heterocycles. The summed E-state index contributed by atoms with van der Waals surface area (Å²) in [6.07, 6.45) is 0. The lowest BCUT2D eigenvalue weighted by Crippen LogP contribution is -1.98. The fraction of sp³-hybridized carbons (Fsp3) is 0. The van der Waals surface area contributed by atoms with Crippen molar-refractivity contribution >= 4 is 16.6 Å². The first-order valence-electron chi connectivity index (χ1n) is 7.36. The van der Waals surface area contributed by atoms with Gasteiger partial charge in [0.25, 0.3) is 0 Å². The minimum Gasteiger partial charge on any atom is -0.396 e. The van der Waals surface area contributed by atoms with E-state index in [0.29, 0.717) is 0 Å². The molecule has 4 rings (SSSR count). The summed E-state index contributed by atoms with van der Waals surface area (Å²) >= 11 is 0. The molecular formula is C20H16N2. The van der Waals surface area contributed by atoms with Crippen LogP contribution in [0.3, 0.4) is 0 Å². The van der Waals surface area contributed by atoms with Gasteiger partial charge < -0.3 is 10.3 Å². The van der Waals surface area contributed by atoms with Gasteiger partial charge in [-0.05, 0) is 18.2 Å². The second-order valence-electron chi connectivity index (χ2n) is 5.32. The summed E-state index contributed by atoms with van der Waals surface area (Å²) < 4.78 is 2.24. The fourth-order valence-electron chi connectivity index (χ4n) is 2.99. The molecule has 2 heteroatoms. The summed E-state index contributed by atoms with van der Waals surface area (Å²) in [5.41, 5.74) is 11.7. The highest BCUT2D eigenvalue weighted by atomic mass is 15.0. The fourth-order valence-corrected chi connectivity index (χ4v) is 2.99. The predicted molar refractivity (Wildman–Crippen MR) is 93.1 cm³/mol. The third-order valence-electron chi connectivity index (χ3n) is 3.98. The summed E-state index contributed by atoms with van der Waals surface area (Å²) in [6, 6.07) is 28.9. The first-order chi connectivity index (χ1) is 10.9. The number of aromatic nitrogens is 1. The predicted octanol–water partition coefficient (Wildman–Crippen LogP) is 4.88. The van der Waals surface area contributed by atoms with E-state index in [0.717, 1.165) is 33.5 Å². The van der Waals surface area contributed by atoms with E-state index in [4.69, 9.17) is 5.73 Å². The van der Waals surface area contributed by atoms with Crippen LogP contribution in [-0.2, 0) is 0 Å². The standard InChI is InChI=1S/C20H16N2/c21-19-17-13-7-8-14-18(17)22(16-11-5-2-6-12-16)20(19)15-9-3-1-4-10-15/h1-14H,21H2. The molecule has 0 amide bonds. The highest BCUT2D eigenvalue weighted by molar-refractivity contribution is 6.02. The summed E-state index contributed by atoms with van der Waals surface area (Å²) in [7, 11) is 0. The molecule has 3 aromatic carbocycles. The molecule has 0 fully saturated rings. The first kappa shape index (κ1) is 12.7. The molecule has 2 N–H and O–H groups in total. The smallest absolute Gasteiger partial charge is 0.0771 e. The number of hydrogen-bond donors (Lipinski definition) is 1. The third kappa shape index (κ3) is 1.89. The Morgan fingerprint density at radius 1 is 0.636 bits per heavy atom. The van der Waals surface area contributed by atoms with Crippen LogP contribution in [0.1, 0.15) is 0 Å². The lowest BCUT2D eigenvalue weighted by molar-refractivity contribution is 1.14. The minimum atomic E-state index is 0.825. The van der Waals surface area contributed by atoms with E-state index >= 15 is 0 Å². The van der Waals surface area contributed by atoms with E-state index in [1.807, 2.05) is 30.3 Å². The number of nitrogens with zero attached hydrogens (tertiary/aromatic N) is 1. The lowest BCUT2D eigenvalue weighted by Gasteiger charge is -2.11. The average molecular weight is 284 g/mol. The SMILES string of the molecule is Nc1c(-c2ccccc2)n(-c2ccccc2)c2ccccc12. The number of hydrogen-bond acceptors (Lipinski definition) is 1. The lowest BCUT2D eigenvalue weighted by atomic mass is 10.1. The summed E-state index contributed by atoms with van der Waals surface area (Å²) in [5, 5.41) is 1.09. The van der Waals surface area contributed by atoms with Crippen molar-refractivity contribution in [3.63, 3.8) is 0 Å². The molecule has 0 spiro atoms. The molecule has 0 bridgehead atoms. The van der Waals surface area contributed by atoms with Gasteiger partial charge in [-0.2, -0.15) is 0 Å². The maximum Gasteiger partial charge on any atom is 0.0771 e. The molecule has 0 radical (unpaired) electrons. The monoisotopic (exact) mass is 284 g/mol. The van der Waals surface area contributed by atoms with Crippen LogP contribution in [0.2, 0.25) is 0 Å². The Labute approximate surface area is 129 Å². The van der Waals surface area contributed by atoms with E-state index in [2.05, 4.69) is 59.2 Å². The molecule has 2 nitrogen and oxygen atoms in total. The van der Waals surface area contributed by atoms with Gasteiger partial charge in [-0.1, -0.05) is 66.7 Å². The normalized spacial score (nSPS) is 10.9. The van der Waals surface area contributed by atoms with Crippen molar-refractivity contribution in [2.75, 3.05) is 5.73 Å². The molecule has 0 saturated carbocycles. The van der Waals surface area contributed by atoms with Crippen LogP contribution in [0.15, 0.2) is 84.9 Å². The molecule has 1 aromatic heterocycles. The van der Waals surface area contributed by atoms with Crippen LogP contribution < -0.4 is 5.73 Å². The van der Waals surface area contributed by atoms with Crippen LogP contribution in [0, 0.1) is 0 Å². The van der Waals surface area contributed by atoms with E-state index in [9.17, 15) is 0 Å². The summed E-state index contributed by atoms with van der Waals surface area (Å²) in [5.74, 6) is 0. The third-order valence-corrected chi connectivity index (χ3v) is 3.98. The van der Waals surface area contributed by atoms with Gasteiger partial charge in [0.1, 0.15) is 0 Å². The highest BCUT2D eigenvalue weighted by Crippen LogP contribution is 2.38. The number of fused-ring (bicyclic) bond motifs is 1. The van der Waals surface area contributed by atoms with Crippen LogP contribution in [0.5, 0.6) is 0 Å². The molecule has 106 valence electrons. The first-order valence-corrected chi connectivity index (χ1v) is 7.36. The van der Waals surface area contributed by atoms with Gasteiger partial charge in [-0.15, -0.1) is 0 Å². The zero-order valence-corrected chi connectivity index (χ0v) is 12.1. The van der Waals surface area contributed by atoms with Crippen molar-refractivity contribution < 1.29 is 0 Å². The van der Waals surface area contributed by atoms with Gasteiger partial charge in [0.2, 0.25) is 0 Å². The second-order valence-corrected chi connectivity index (χ2v) is 5.32. The Kier molecular flexibility index (Phi) is 2.94. The number of anilines is 1. The van der Waals surface area contributed by atoms with Crippen molar-refractivity contribution in [2.45, 2.75) is 0 Å². The van der Waals surface area contributed by atoms with Gasteiger partial charge in [0.15, 0.2) is 0 Å². The van der Waals surface area contributed by atoms with Crippen molar-refractivity contribution in [3.05, 3.63) is 84.9 Å². The second kappa shape index (κ2) is 5.08. The van der Waals surface area contributed by atoms with Gasteiger partial charge in [0.05, 0.1) is 16.9 Å². The molecular weight excluding hydrogens is 268 g/mol. The van der Waals surface area contributed by atoms with Gasteiger partial charge in [-0.3, -0.25) is 0 Å². The Balaban J connectivity index is 2.14. The zero-order valence-electron chi connectivity index (χ0n) is 12.1. The van der Waals surface area contributed by atoms with Crippen LogP contribution in [-0.4, -0.2) is 4.57 Å². The largest absolute Gasteiger partial charge is 0.396 e. The van der Waals surface area contributed by atoms with E-state index in [-0.39, 0.29) is 0 Å². The van der Waals surface area contributed by atoms with Crippen LogP contribution in [0.4, 0.5) is 5.69 Å². The quantitative estimate of drug-likeness (QED) is 0.559.